The first kappa shape index (κ1) is 24.9. The van der Waals surface area contributed by atoms with Gasteiger partial charge in [0.05, 0.1) is 7.11 Å². The van der Waals surface area contributed by atoms with Gasteiger partial charge in [-0.1, -0.05) is 65.6 Å². The van der Waals surface area contributed by atoms with Crippen LogP contribution in [0.3, 0.4) is 0 Å². The molecule has 0 fully saturated rings. The van der Waals surface area contributed by atoms with E-state index in [9.17, 15) is 4.79 Å². The van der Waals surface area contributed by atoms with Crippen LogP contribution in [0.25, 0.3) is 0 Å². The molecule has 0 unspecified atom stereocenters. The van der Waals surface area contributed by atoms with E-state index < -0.39 is 0 Å². The van der Waals surface area contributed by atoms with E-state index in [-0.39, 0.29) is 5.91 Å². The van der Waals surface area contributed by atoms with Gasteiger partial charge in [0.25, 0.3) is 0 Å². The maximum absolute atomic E-state index is 12.1. The number of rotatable bonds is 10. The summed E-state index contributed by atoms with van der Waals surface area (Å²) in [6.45, 7) is 4.85. The smallest absolute Gasteiger partial charge is 0.224 e. The van der Waals surface area contributed by atoms with Gasteiger partial charge in [-0.3, -0.25) is 4.79 Å². The SMILES string of the molecule is COc1ccc(Br)c(CNc2cccc(NC(=O)CC(C)C)c2)c1OCc1ccccc1Cl. The van der Waals surface area contributed by atoms with Gasteiger partial charge in [0.2, 0.25) is 5.91 Å². The molecular weight excluding hydrogens is 504 g/mol. The number of hydrogen-bond acceptors (Lipinski definition) is 4. The number of nitrogens with one attached hydrogen (secondary N) is 2. The number of hydrogen-bond donors (Lipinski definition) is 2. The van der Waals surface area contributed by atoms with Crippen molar-refractivity contribution < 1.29 is 14.3 Å². The van der Waals surface area contributed by atoms with Crippen molar-refractivity contribution in [2.24, 2.45) is 5.92 Å². The Balaban J connectivity index is 1.76. The highest BCUT2D eigenvalue weighted by molar-refractivity contribution is 9.10. The zero-order valence-corrected chi connectivity index (χ0v) is 21.3. The quantitative estimate of drug-likeness (QED) is 0.288. The number of halogens is 2. The van der Waals surface area contributed by atoms with Gasteiger partial charge in [-0.15, -0.1) is 0 Å². The molecule has 0 heterocycles. The van der Waals surface area contributed by atoms with E-state index in [0.717, 1.165) is 27.0 Å². The third-order valence-corrected chi connectivity index (χ3v) is 6.04. The molecule has 1 amide bonds. The molecule has 0 aromatic heterocycles. The zero-order chi connectivity index (χ0) is 23.8. The molecular formula is C26H28BrClN2O3. The molecule has 0 bridgehead atoms. The highest BCUT2D eigenvalue weighted by Crippen LogP contribution is 2.37. The molecule has 3 rings (SSSR count). The standard InChI is InChI=1S/C26H28BrClN2O3/c1-17(2)13-25(31)30-20-9-6-8-19(14-20)29-15-21-22(27)11-12-24(32-3)26(21)33-16-18-7-4-5-10-23(18)28/h4-12,14,17,29H,13,15-16H2,1-3H3,(H,30,31). The Morgan fingerprint density at radius 3 is 2.55 bits per heavy atom. The van der Waals surface area contributed by atoms with Gasteiger partial charge < -0.3 is 20.1 Å². The summed E-state index contributed by atoms with van der Waals surface area (Å²) in [5.41, 5.74) is 3.44. The van der Waals surface area contributed by atoms with Crippen molar-refractivity contribution in [2.45, 2.75) is 33.4 Å². The highest BCUT2D eigenvalue weighted by Gasteiger charge is 2.16. The van der Waals surface area contributed by atoms with Crippen LogP contribution in [-0.4, -0.2) is 13.0 Å². The van der Waals surface area contributed by atoms with Gasteiger partial charge in [-0.2, -0.15) is 0 Å². The minimum Gasteiger partial charge on any atom is -0.493 e. The molecule has 0 saturated carbocycles. The van der Waals surface area contributed by atoms with Gasteiger partial charge in [-0.25, -0.2) is 0 Å². The van der Waals surface area contributed by atoms with E-state index in [1.807, 2.05) is 74.5 Å². The molecule has 174 valence electrons. The van der Waals surface area contributed by atoms with Crippen LogP contribution in [0.1, 0.15) is 31.4 Å². The lowest BCUT2D eigenvalue weighted by Crippen LogP contribution is -2.14. The lowest BCUT2D eigenvalue weighted by Gasteiger charge is -2.18. The van der Waals surface area contributed by atoms with Crippen LogP contribution in [0, 0.1) is 5.92 Å². The maximum atomic E-state index is 12.1. The van der Waals surface area contributed by atoms with Gasteiger partial charge in [0.15, 0.2) is 11.5 Å². The number of benzene rings is 3. The van der Waals surface area contributed by atoms with E-state index >= 15 is 0 Å². The average Bonchev–Trinajstić information content (AvgIpc) is 2.77. The predicted octanol–water partition coefficient (Wildman–Crippen LogP) is 7.29. The number of carbonyl (C=O) groups excluding carboxylic acids is 1. The number of amides is 1. The minimum atomic E-state index is 0.00736. The van der Waals surface area contributed by atoms with Crippen LogP contribution in [-0.2, 0) is 17.9 Å². The van der Waals surface area contributed by atoms with Crippen molar-refractivity contribution in [1.29, 1.82) is 0 Å². The summed E-state index contributed by atoms with van der Waals surface area (Å²) in [7, 11) is 1.62. The number of carbonyl (C=O) groups is 1. The summed E-state index contributed by atoms with van der Waals surface area (Å²) in [5.74, 6) is 1.59. The van der Waals surface area contributed by atoms with E-state index in [1.165, 1.54) is 0 Å². The molecule has 0 saturated heterocycles. The van der Waals surface area contributed by atoms with E-state index in [2.05, 4.69) is 26.6 Å². The van der Waals surface area contributed by atoms with E-state index in [1.54, 1.807) is 7.11 Å². The Morgan fingerprint density at radius 2 is 1.82 bits per heavy atom. The number of methoxy groups -OCH3 is 1. The molecule has 0 spiro atoms. The van der Waals surface area contributed by atoms with Gasteiger partial charge in [-0.05, 0) is 42.3 Å². The molecule has 33 heavy (non-hydrogen) atoms. The summed E-state index contributed by atoms with van der Waals surface area (Å²) >= 11 is 9.93. The molecule has 0 aliphatic carbocycles. The van der Waals surface area contributed by atoms with E-state index in [4.69, 9.17) is 21.1 Å². The second-order valence-electron chi connectivity index (χ2n) is 8.02. The van der Waals surface area contributed by atoms with E-state index in [0.29, 0.717) is 42.0 Å². The van der Waals surface area contributed by atoms with Crippen LogP contribution < -0.4 is 20.1 Å². The van der Waals surface area contributed by atoms with Crippen LogP contribution in [0.2, 0.25) is 5.02 Å². The Morgan fingerprint density at radius 1 is 1.06 bits per heavy atom. The lowest BCUT2D eigenvalue weighted by atomic mass is 10.1. The molecule has 2 N–H and O–H groups in total. The summed E-state index contributed by atoms with van der Waals surface area (Å²) in [6.07, 6.45) is 0.487. The second kappa shape index (κ2) is 12.0. The van der Waals surface area contributed by atoms with Crippen molar-refractivity contribution in [3.8, 4) is 11.5 Å². The molecule has 0 aliphatic rings. The second-order valence-corrected chi connectivity index (χ2v) is 9.28. The highest BCUT2D eigenvalue weighted by atomic mass is 79.9. The summed E-state index contributed by atoms with van der Waals surface area (Å²) in [6, 6.07) is 19.0. The third kappa shape index (κ3) is 7.14. The largest absolute Gasteiger partial charge is 0.493 e. The number of anilines is 2. The van der Waals surface area contributed by atoms with Crippen molar-refractivity contribution in [2.75, 3.05) is 17.7 Å². The predicted molar refractivity (Wildman–Crippen MR) is 138 cm³/mol. The normalized spacial score (nSPS) is 10.7. The Bertz CT molecular complexity index is 1100. The molecule has 5 nitrogen and oxygen atoms in total. The first-order valence-electron chi connectivity index (χ1n) is 10.7. The van der Waals surface area contributed by atoms with Crippen LogP contribution in [0.15, 0.2) is 65.1 Å². The van der Waals surface area contributed by atoms with Crippen molar-refractivity contribution >= 4 is 44.8 Å². The molecule has 0 atom stereocenters. The fourth-order valence-corrected chi connectivity index (χ4v) is 3.95. The van der Waals surface area contributed by atoms with Crippen molar-refractivity contribution in [1.82, 2.24) is 0 Å². The minimum absolute atomic E-state index is 0.00736. The average molecular weight is 532 g/mol. The molecule has 0 aliphatic heterocycles. The zero-order valence-electron chi connectivity index (χ0n) is 19.0. The summed E-state index contributed by atoms with van der Waals surface area (Å²) in [5, 5.41) is 7.02. The van der Waals surface area contributed by atoms with Crippen LogP contribution in [0.5, 0.6) is 11.5 Å². The van der Waals surface area contributed by atoms with Gasteiger partial charge in [0.1, 0.15) is 6.61 Å². The first-order valence-corrected chi connectivity index (χ1v) is 11.9. The molecule has 7 heteroatoms. The Kier molecular flexibility index (Phi) is 9.03. The van der Waals surface area contributed by atoms with Crippen LogP contribution >= 0.6 is 27.5 Å². The molecule has 0 radical (unpaired) electrons. The molecule has 3 aromatic carbocycles. The van der Waals surface area contributed by atoms with Crippen molar-refractivity contribution in [3.05, 3.63) is 81.3 Å². The summed E-state index contributed by atoms with van der Waals surface area (Å²) < 4.78 is 12.6. The maximum Gasteiger partial charge on any atom is 0.224 e. The first-order chi connectivity index (χ1) is 15.9. The topological polar surface area (TPSA) is 59.6 Å². The van der Waals surface area contributed by atoms with Gasteiger partial charge >= 0.3 is 0 Å². The fourth-order valence-electron chi connectivity index (χ4n) is 3.31. The monoisotopic (exact) mass is 530 g/mol. The van der Waals surface area contributed by atoms with Crippen molar-refractivity contribution in [3.63, 3.8) is 0 Å². The van der Waals surface area contributed by atoms with Gasteiger partial charge in [0, 0.05) is 45.0 Å². The lowest BCUT2D eigenvalue weighted by molar-refractivity contribution is -0.116. The number of ether oxygens (including phenoxy) is 2. The Hall–Kier alpha value is -2.70. The summed E-state index contributed by atoms with van der Waals surface area (Å²) in [4.78, 5) is 12.1. The molecule has 3 aromatic rings. The fraction of sp³-hybridized carbons (Fsp3) is 0.269. The van der Waals surface area contributed by atoms with Crippen LogP contribution in [0.4, 0.5) is 11.4 Å². The Labute approximate surface area is 208 Å². The third-order valence-electron chi connectivity index (χ3n) is 4.93.